The lowest BCUT2D eigenvalue weighted by molar-refractivity contribution is 0.0703. The van der Waals surface area contributed by atoms with E-state index in [2.05, 4.69) is 16.0 Å². The van der Waals surface area contributed by atoms with E-state index in [9.17, 15) is 9.59 Å². The van der Waals surface area contributed by atoms with Crippen LogP contribution in [0, 0.1) is 0 Å². The number of hydrogen-bond acceptors (Lipinski definition) is 4. The van der Waals surface area contributed by atoms with E-state index in [4.69, 9.17) is 0 Å². The van der Waals surface area contributed by atoms with Gasteiger partial charge in [0.25, 0.3) is 5.91 Å². The van der Waals surface area contributed by atoms with Crippen molar-refractivity contribution >= 4 is 46.4 Å². The molecule has 1 unspecified atom stereocenters. The number of halogens is 1. The lowest BCUT2D eigenvalue weighted by Gasteiger charge is -2.32. The van der Waals surface area contributed by atoms with E-state index in [1.54, 1.807) is 12.1 Å². The van der Waals surface area contributed by atoms with Gasteiger partial charge in [-0.3, -0.25) is 10.1 Å². The summed E-state index contributed by atoms with van der Waals surface area (Å²) in [6.45, 7) is 1.51. The van der Waals surface area contributed by atoms with Gasteiger partial charge in [0.05, 0.1) is 9.88 Å². The number of urea groups is 1. The highest BCUT2D eigenvalue weighted by Crippen LogP contribution is 2.24. The number of nitrogens with zero attached hydrogens (tertiary/aromatic N) is 1. The van der Waals surface area contributed by atoms with Crippen molar-refractivity contribution in [1.82, 2.24) is 10.2 Å². The lowest BCUT2D eigenvalue weighted by Crippen LogP contribution is -2.46. The fraction of sp³-hybridized carbons (Fsp3) is 0.333. The molecular formula is C18H23ClN4O2S. The molecule has 3 N–H and O–H groups in total. The molecule has 0 radical (unpaired) electrons. The Balaban J connectivity index is 0.00000243. The first-order chi connectivity index (χ1) is 12.2. The van der Waals surface area contributed by atoms with E-state index in [0.717, 1.165) is 31.6 Å². The zero-order chi connectivity index (χ0) is 17.6. The molecular weight excluding hydrogens is 372 g/mol. The third-order valence-corrected chi connectivity index (χ3v) is 5.19. The molecule has 0 aliphatic carbocycles. The van der Waals surface area contributed by atoms with Gasteiger partial charge in [-0.15, -0.1) is 23.7 Å². The SMILES string of the molecule is CNC1CCCN(C(=O)c2ccc(NC(=O)Nc3ccccc3)s2)C1.Cl. The number of piperidine rings is 1. The summed E-state index contributed by atoms with van der Waals surface area (Å²) in [7, 11) is 1.93. The molecule has 1 aliphatic rings. The second-order valence-electron chi connectivity index (χ2n) is 5.99. The molecule has 0 bridgehead atoms. The number of para-hydroxylation sites is 1. The molecule has 140 valence electrons. The molecule has 0 spiro atoms. The van der Waals surface area contributed by atoms with Crippen LogP contribution in [0.2, 0.25) is 0 Å². The average Bonchev–Trinajstić information content (AvgIpc) is 3.10. The number of nitrogens with one attached hydrogen (secondary N) is 3. The van der Waals surface area contributed by atoms with Crippen LogP contribution in [0.4, 0.5) is 15.5 Å². The Morgan fingerprint density at radius 1 is 1.12 bits per heavy atom. The van der Waals surface area contributed by atoms with Crippen molar-refractivity contribution in [3.05, 3.63) is 47.3 Å². The number of carbonyl (C=O) groups excluding carboxylic acids is 2. The fourth-order valence-corrected chi connectivity index (χ4v) is 3.74. The number of likely N-dealkylation sites (tertiary alicyclic amines) is 1. The Morgan fingerprint density at radius 3 is 2.62 bits per heavy atom. The number of thiophene rings is 1. The normalized spacial score (nSPS) is 16.5. The summed E-state index contributed by atoms with van der Waals surface area (Å²) in [5, 5.41) is 9.42. The van der Waals surface area contributed by atoms with Crippen LogP contribution in [0.5, 0.6) is 0 Å². The van der Waals surface area contributed by atoms with Crippen LogP contribution >= 0.6 is 23.7 Å². The topological polar surface area (TPSA) is 73.5 Å². The largest absolute Gasteiger partial charge is 0.336 e. The third-order valence-electron chi connectivity index (χ3n) is 4.20. The summed E-state index contributed by atoms with van der Waals surface area (Å²) < 4.78 is 0. The quantitative estimate of drug-likeness (QED) is 0.741. The zero-order valence-corrected chi connectivity index (χ0v) is 16.2. The first-order valence-electron chi connectivity index (χ1n) is 8.35. The Hall–Kier alpha value is -2.09. The van der Waals surface area contributed by atoms with Gasteiger partial charge in [0.15, 0.2) is 0 Å². The van der Waals surface area contributed by atoms with Crippen molar-refractivity contribution in [2.75, 3.05) is 30.8 Å². The molecule has 1 aliphatic heterocycles. The van der Waals surface area contributed by atoms with Gasteiger partial charge in [0, 0.05) is 24.8 Å². The van der Waals surface area contributed by atoms with E-state index >= 15 is 0 Å². The van der Waals surface area contributed by atoms with Gasteiger partial charge in [0.1, 0.15) is 0 Å². The molecule has 1 fully saturated rings. The van der Waals surface area contributed by atoms with Crippen LogP contribution in [0.25, 0.3) is 0 Å². The molecule has 26 heavy (non-hydrogen) atoms. The van der Waals surface area contributed by atoms with Gasteiger partial charge in [-0.25, -0.2) is 4.79 Å². The highest BCUT2D eigenvalue weighted by atomic mass is 35.5. The molecule has 2 heterocycles. The van der Waals surface area contributed by atoms with E-state index in [-0.39, 0.29) is 24.3 Å². The van der Waals surface area contributed by atoms with Crippen molar-refractivity contribution in [3.63, 3.8) is 0 Å². The van der Waals surface area contributed by atoms with E-state index in [0.29, 0.717) is 15.9 Å². The van der Waals surface area contributed by atoms with Crippen LogP contribution in [-0.4, -0.2) is 43.0 Å². The molecule has 0 saturated carbocycles. The molecule has 8 heteroatoms. The predicted molar refractivity (Wildman–Crippen MR) is 109 cm³/mol. The summed E-state index contributed by atoms with van der Waals surface area (Å²) in [5.41, 5.74) is 0.722. The minimum Gasteiger partial charge on any atom is -0.336 e. The van der Waals surface area contributed by atoms with E-state index < -0.39 is 0 Å². The second-order valence-corrected chi connectivity index (χ2v) is 7.07. The summed E-state index contributed by atoms with van der Waals surface area (Å²) in [5.74, 6) is 0.0291. The second kappa shape index (κ2) is 9.56. The zero-order valence-electron chi connectivity index (χ0n) is 14.5. The predicted octanol–water partition coefficient (Wildman–Crippen LogP) is 3.64. The number of amides is 3. The molecule has 6 nitrogen and oxygen atoms in total. The molecule has 1 atom stereocenters. The molecule has 3 rings (SSSR count). The first-order valence-corrected chi connectivity index (χ1v) is 9.17. The van der Waals surface area contributed by atoms with Gasteiger partial charge in [-0.2, -0.15) is 0 Å². The van der Waals surface area contributed by atoms with E-state index in [1.807, 2.05) is 42.3 Å². The Bertz CT molecular complexity index is 738. The molecule has 1 aromatic heterocycles. The molecule has 1 saturated heterocycles. The van der Waals surface area contributed by atoms with Crippen molar-refractivity contribution in [2.45, 2.75) is 18.9 Å². The van der Waals surface area contributed by atoms with Crippen LogP contribution in [0.15, 0.2) is 42.5 Å². The van der Waals surface area contributed by atoms with Crippen LogP contribution in [0.3, 0.4) is 0 Å². The Morgan fingerprint density at radius 2 is 1.88 bits per heavy atom. The highest BCUT2D eigenvalue weighted by molar-refractivity contribution is 7.18. The lowest BCUT2D eigenvalue weighted by atomic mass is 10.1. The summed E-state index contributed by atoms with van der Waals surface area (Å²) >= 11 is 1.30. The first kappa shape index (κ1) is 20.2. The minimum atomic E-state index is -0.319. The highest BCUT2D eigenvalue weighted by Gasteiger charge is 2.24. The number of likely N-dealkylation sites (N-methyl/N-ethyl adjacent to an activating group) is 1. The van der Waals surface area contributed by atoms with Crippen LogP contribution < -0.4 is 16.0 Å². The van der Waals surface area contributed by atoms with Gasteiger partial charge < -0.3 is 15.5 Å². The Labute approximate surface area is 163 Å². The van der Waals surface area contributed by atoms with Crippen LogP contribution in [0.1, 0.15) is 22.5 Å². The van der Waals surface area contributed by atoms with Crippen LogP contribution in [-0.2, 0) is 0 Å². The number of anilines is 2. The average molecular weight is 395 g/mol. The molecule has 1 aromatic carbocycles. The van der Waals surface area contributed by atoms with E-state index in [1.165, 1.54) is 11.3 Å². The smallest absolute Gasteiger partial charge is 0.324 e. The van der Waals surface area contributed by atoms with Gasteiger partial charge in [0.2, 0.25) is 0 Å². The maximum Gasteiger partial charge on any atom is 0.324 e. The van der Waals surface area contributed by atoms with Gasteiger partial charge in [-0.1, -0.05) is 18.2 Å². The monoisotopic (exact) mass is 394 g/mol. The number of hydrogen-bond donors (Lipinski definition) is 3. The van der Waals surface area contributed by atoms with Crippen molar-refractivity contribution in [1.29, 1.82) is 0 Å². The summed E-state index contributed by atoms with van der Waals surface area (Å²) in [6.07, 6.45) is 2.10. The van der Waals surface area contributed by atoms with Crippen molar-refractivity contribution in [3.8, 4) is 0 Å². The fourth-order valence-electron chi connectivity index (χ4n) is 2.87. The van der Waals surface area contributed by atoms with Gasteiger partial charge >= 0.3 is 6.03 Å². The third kappa shape index (κ3) is 5.20. The number of carbonyl (C=O) groups is 2. The minimum absolute atomic E-state index is 0. The van der Waals surface area contributed by atoms with Crippen molar-refractivity contribution < 1.29 is 9.59 Å². The number of benzene rings is 1. The summed E-state index contributed by atoms with van der Waals surface area (Å²) in [4.78, 5) is 27.2. The standard InChI is InChI=1S/C18H22N4O2S.ClH/c1-19-14-8-5-11-22(12-14)17(23)15-9-10-16(25-15)21-18(24)20-13-6-3-2-4-7-13;/h2-4,6-7,9-10,14,19H,5,8,11-12H2,1H3,(H2,20,21,24);1H. The maximum absolute atomic E-state index is 12.6. The van der Waals surface area contributed by atoms with Crippen molar-refractivity contribution in [2.24, 2.45) is 0 Å². The molecule has 3 amide bonds. The maximum atomic E-state index is 12.6. The molecule has 2 aromatic rings. The number of rotatable bonds is 4. The summed E-state index contributed by atoms with van der Waals surface area (Å²) in [6, 6.07) is 12.8. The Kier molecular flexibility index (Phi) is 7.44. The van der Waals surface area contributed by atoms with Gasteiger partial charge in [-0.05, 0) is 44.2 Å².